The van der Waals surface area contributed by atoms with Crippen LogP contribution in [0.25, 0.3) is 5.69 Å². The number of aromatic nitrogens is 2. The number of hydrogen-bond acceptors (Lipinski definition) is 5. The van der Waals surface area contributed by atoms with E-state index in [2.05, 4.69) is 10.1 Å². The number of non-ortho nitro benzene ring substituents is 1. The van der Waals surface area contributed by atoms with E-state index in [1.807, 2.05) is 6.07 Å². The average Bonchev–Trinajstić information content (AvgIpc) is 2.89. The summed E-state index contributed by atoms with van der Waals surface area (Å²) < 4.78 is 1.36. The lowest BCUT2D eigenvalue weighted by Gasteiger charge is -2.07. The van der Waals surface area contributed by atoms with E-state index in [0.29, 0.717) is 11.4 Å². The SMILES string of the molecule is Cc1[nH]n(-c2ccccc2)c(=O)c1C=Nc1cc([N+](=O)[O-])ccc1[O-]. The van der Waals surface area contributed by atoms with Gasteiger partial charge in [-0.3, -0.25) is 25.0 Å². The molecule has 0 radical (unpaired) electrons. The van der Waals surface area contributed by atoms with Gasteiger partial charge in [-0.05, 0) is 19.1 Å². The van der Waals surface area contributed by atoms with Crippen LogP contribution in [0.1, 0.15) is 11.3 Å². The van der Waals surface area contributed by atoms with Gasteiger partial charge in [0.05, 0.1) is 21.9 Å². The van der Waals surface area contributed by atoms with Gasteiger partial charge in [0, 0.05) is 24.0 Å². The molecular formula is C17H13N4O4-. The molecule has 3 rings (SSSR count). The molecule has 0 fully saturated rings. The van der Waals surface area contributed by atoms with Crippen LogP contribution in [0.15, 0.2) is 58.3 Å². The van der Waals surface area contributed by atoms with Crippen molar-refractivity contribution in [3.63, 3.8) is 0 Å². The number of nitro benzene ring substituents is 1. The molecule has 0 amide bonds. The molecule has 0 aliphatic carbocycles. The van der Waals surface area contributed by atoms with Crippen LogP contribution in [0.3, 0.4) is 0 Å². The molecule has 0 unspecified atom stereocenters. The first-order valence-corrected chi connectivity index (χ1v) is 7.34. The number of nitrogens with one attached hydrogen (secondary N) is 1. The number of benzene rings is 2. The fourth-order valence-corrected chi connectivity index (χ4v) is 2.32. The quantitative estimate of drug-likeness (QED) is 0.446. The topological polar surface area (TPSA) is 116 Å². The zero-order valence-corrected chi connectivity index (χ0v) is 13.2. The Bertz CT molecular complexity index is 1020. The Labute approximate surface area is 141 Å². The van der Waals surface area contributed by atoms with Crippen LogP contribution in [0, 0.1) is 17.0 Å². The number of hydrogen-bond donors (Lipinski definition) is 1. The van der Waals surface area contributed by atoms with Crippen LogP contribution in [0.2, 0.25) is 0 Å². The summed E-state index contributed by atoms with van der Waals surface area (Å²) in [6.45, 7) is 1.70. The molecule has 0 atom stereocenters. The number of para-hydroxylation sites is 1. The summed E-state index contributed by atoms with van der Waals surface area (Å²) >= 11 is 0. The Hall–Kier alpha value is -3.68. The Balaban J connectivity index is 2.01. The van der Waals surface area contributed by atoms with Crippen molar-refractivity contribution in [3.8, 4) is 11.4 Å². The minimum atomic E-state index is -0.609. The first kappa shape index (κ1) is 16.2. The van der Waals surface area contributed by atoms with Crippen LogP contribution in [-0.4, -0.2) is 20.9 Å². The third kappa shape index (κ3) is 3.18. The molecule has 8 nitrogen and oxygen atoms in total. The highest BCUT2D eigenvalue weighted by atomic mass is 16.6. The van der Waals surface area contributed by atoms with Crippen LogP contribution in [0.5, 0.6) is 5.75 Å². The van der Waals surface area contributed by atoms with Crippen molar-refractivity contribution in [1.29, 1.82) is 0 Å². The van der Waals surface area contributed by atoms with E-state index >= 15 is 0 Å². The first-order valence-electron chi connectivity index (χ1n) is 7.34. The third-order valence-corrected chi connectivity index (χ3v) is 3.62. The second-order valence-electron chi connectivity index (χ2n) is 5.29. The highest BCUT2D eigenvalue weighted by molar-refractivity contribution is 5.84. The van der Waals surface area contributed by atoms with Gasteiger partial charge in [-0.1, -0.05) is 30.0 Å². The molecule has 3 aromatic rings. The molecule has 126 valence electrons. The lowest BCUT2D eigenvalue weighted by atomic mass is 10.2. The number of nitrogens with zero attached hydrogens (tertiary/aromatic N) is 3. The van der Waals surface area contributed by atoms with Crippen molar-refractivity contribution in [2.45, 2.75) is 6.92 Å². The first-order chi connectivity index (χ1) is 12.0. The normalized spacial score (nSPS) is 11.1. The average molecular weight is 337 g/mol. The molecule has 8 heteroatoms. The fraction of sp³-hybridized carbons (Fsp3) is 0.0588. The summed E-state index contributed by atoms with van der Waals surface area (Å²) in [6, 6.07) is 12.3. The summed E-state index contributed by atoms with van der Waals surface area (Å²) in [6.07, 6.45) is 1.24. The van der Waals surface area contributed by atoms with Crippen molar-refractivity contribution in [2.75, 3.05) is 0 Å². The molecule has 0 aliphatic rings. The Morgan fingerprint density at radius 2 is 1.92 bits per heavy atom. The molecule has 0 saturated heterocycles. The molecule has 0 saturated carbocycles. The van der Waals surface area contributed by atoms with E-state index in [4.69, 9.17) is 0 Å². The van der Waals surface area contributed by atoms with Gasteiger partial charge >= 0.3 is 0 Å². The van der Waals surface area contributed by atoms with E-state index in [1.54, 1.807) is 31.2 Å². The molecule has 2 aromatic carbocycles. The predicted octanol–water partition coefficient (Wildman–Crippen LogP) is 2.21. The number of aliphatic imine (C=N–C) groups is 1. The zero-order valence-electron chi connectivity index (χ0n) is 13.2. The van der Waals surface area contributed by atoms with Gasteiger partial charge in [0.25, 0.3) is 11.2 Å². The number of rotatable bonds is 4. The zero-order chi connectivity index (χ0) is 18.0. The molecule has 1 aromatic heterocycles. The summed E-state index contributed by atoms with van der Waals surface area (Å²) in [5.41, 5.74) is 0.838. The highest BCUT2D eigenvalue weighted by Gasteiger charge is 2.11. The minimum absolute atomic E-state index is 0.0968. The second-order valence-corrected chi connectivity index (χ2v) is 5.29. The van der Waals surface area contributed by atoms with Crippen molar-refractivity contribution < 1.29 is 10.0 Å². The van der Waals surface area contributed by atoms with Crippen LogP contribution in [0.4, 0.5) is 11.4 Å². The van der Waals surface area contributed by atoms with Crippen molar-refractivity contribution >= 4 is 17.6 Å². The third-order valence-electron chi connectivity index (χ3n) is 3.62. The maximum Gasteiger partial charge on any atom is 0.280 e. The van der Waals surface area contributed by atoms with Gasteiger partial charge in [-0.25, -0.2) is 4.68 Å². The molecule has 0 spiro atoms. The highest BCUT2D eigenvalue weighted by Crippen LogP contribution is 2.28. The fourth-order valence-electron chi connectivity index (χ4n) is 2.32. The summed E-state index contributed by atoms with van der Waals surface area (Å²) in [7, 11) is 0. The number of aryl methyl sites for hydroxylation is 1. The van der Waals surface area contributed by atoms with E-state index in [1.165, 1.54) is 10.9 Å². The van der Waals surface area contributed by atoms with Crippen molar-refractivity contribution in [3.05, 3.63) is 80.3 Å². The van der Waals surface area contributed by atoms with Crippen LogP contribution < -0.4 is 10.7 Å². The van der Waals surface area contributed by atoms with E-state index in [0.717, 1.165) is 18.2 Å². The maximum atomic E-state index is 12.5. The van der Waals surface area contributed by atoms with E-state index < -0.39 is 10.7 Å². The van der Waals surface area contributed by atoms with Gasteiger partial charge < -0.3 is 5.11 Å². The van der Waals surface area contributed by atoms with Crippen molar-refractivity contribution in [1.82, 2.24) is 9.78 Å². The van der Waals surface area contributed by atoms with Gasteiger partial charge in [-0.2, -0.15) is 0 Å². The Kier molecular flexibility index (Phi) is 4.17. The van der Waals surface area contributed by atoms with Crippen molar-refractivity contribution in [2.24, 2.45) is 4.99 Å². The van der Waals surface area contributed by atoms with E-state index in [-0.39, 0.29) is 22.5 Å². The second kappa shape index (κ2) is 6.44. The van der Waals surface area contributed by atoms with Gasteiger partial charge in [0.1, 0.15) is 0 Å². The monoisotopic (exact) mass is 337 g/mol. The lowest BCUT2D eigenvalue weighted by Crippen LogP contribution is -2.17. The van der Waals surface area contributed by atoms with Crippen LogP contribution in [-0.2, 0) is 0 Å². The summed E-state index contributed by atoms with van der Waals surface area (Å²) in [4.78, 5) is 26.7. The Morgan fingerprint density at radius 1 is 1.20 bits per heavy atom. The predicted molar refractivity (Wildman–Crippen MR) is 90.9 cm³/mol. The smallest absolute Gasteiger partial charge is 0.280 e. The minimum Gasteiger partial charge on any atom is -0.871 e. The lowest BCUT2D eigenvalue weighted by molar-refractivity contribution is -0.385. The standard InChI is InChI=1S/C17H14N4O4/c1-11-14(17(23)20(19-11)12-5-3-2-4-6-12)10-18-15-9-13(21(24)25)7-8-16(15)22/h2-10,19,22H,1H3/p-1. The molecule has 0 bridgehead atoms. The molecule has 25 heavy (non-hydrogen) atoms. The molecule has 0 aliphatic heterocycles. The summed E-state index contributed by atoms with van der Waals surface area (Å²) in [5, 5.41) is 25.5. The van der Waals surface area contributed by atoms with Gasteiger partial charge in [0.15, 0.2) is 0 Å². The molecule has 1 N–H and O–H groups in total. The maximum absolute atomic E-state index is 12.5. The van der Waals surface area contributed by atoms with Crippen LogP contribution >= 0.6 is 0 Å². The number of nitro groups is 1. The molecule has 1 heterocycles. The summed E-state index contributed by atoms with van der Waals surface area (Å²) in [5.74, 6) is -0.460. The number of H-pyrrole nitrogens is 1. The Morgan fingerprint density at radius 3 is 2.60 bits per heavy atom. The largest absolute Gasteiger partial charge is 0.871 e. The van der Waals surface area contributed by atoms with E-state index in [9.17, 15) is 20.0 Å². The van der Waals surface area contributed by atoms with Gasteiger partial charge in [0.2, 0.25) is 0 Å². The molecular weight excluding hydrogens is 324 g/mol. The number of aromatic amines is 1. The van der Waals surface area contributed by atoms with Gasteiger partial charge in [-0.15, -0.1) is 0 Å².